The molecule has 3 rings (SSSR count). The van der Waals surface area contributed by atoms with Crippen LogP contribution < -0.4 is 0 Å². The summed E-state index contributed by atoms with van der Waals surface area (Å²) in [6, 6.07) is 6.12. The van der Waals surface area contributed by atoms with Crippen LogP contribution in [0.3, 0.4) is 0 Å². The average Bonchev–Trinajstić information content (AvgIpc) is 3.11. The van der Waals surface area contributed by atoms with Crippen LogP contribution in [0.2, 0.25) is 0 Å². The number of aromatic carboxylic acids is 1. The van der Waals surface area contributed by atoms with Gasteiger partial charge in [-0.25, -0.2) is 4.79 Å². The Bertz CT molecular complexity index is 830. The Balaban J connectivity index is 1.82. The molecule has 0 aliphatic carbocycles. The van der Waals surface area contributed by atoms with Crippen LogP contribution in [-0.4, -0.2) is 41.6 Å². The molecule has 1 aromatic heterocycles. The predicted octanol–water partition coefficient (Wildman–Crippen LogP) is 3.21. The van der Waals surface area contributed by atoms with Crippen molar-refractivity contribution in [1.82, 2.24) is 4.90 Å². The molecule has 1 aliphatic rings. The van der Waals surface area contributed by atoms with E-state index in [1.165, 1.54) is 23.1 Å². The zero-order valence-corrected chi connectivity index (χ0v) is 13.3. The highest BCUT2D eigenvalue weighted by atomic mass is 19.4. The largest absolute Gasteiger partial charge is 0.478 e. The summed E-state index contributed by atoms with van der Waals surface area (Å²) in [6.07, 6.45) is -4.55. The first-order chi connectivity index (χ1) is 12.3. The Kier molecular flexibility index (Phi) is 4.73. The minimum Gasteiger partial charge on any atom is -0.478 e. The fourth-order valence-electron chi connectivity index (χ4n) is 2.77. The van der Waals surface area contributed by atoms with Crippen molar-refractivity contribution in [3.8, 4) is 0 Å². The Hall–Kier alpha value is -2.81. The van der Waals surface area contributed by atoms with Crippen LogP contribution in [0.5, 0.6) is 0 Å². The van der Waals surface area contributed by atoms with Crippen molar-refractivity contribution in [3.05, 3.63) is 59.0 Å². The number of carboxylic acid groups (broad SMARTS) is 1. The van der Waals surface area contributed by atoms with E-state index in [-0.39, 0.29) is 36.6 Å². The quantitative estimate of drug-likeness (QED) is 0.899. The molecule has 2 heterocycles. The molecule has 9 heteroatoms. The third kappa shape index (κ3) is 3.57. The summed E-state index contributed by atoms with van der Waals surface area (Å²) < 4.78 is 50.0. The second-order valence-corrected chi connectivity index (χ2v) is 5.70. The van der Waals surface area contributed by atoms with Crippen molar-refractivity contribution >= 4 is 11.9 Å². The van der Waals surface area contributed by atoms with E-state index in [0.717, 1.165) is 18.4 Å². The maximum Gasteiger partial charge on any atom is 0.416 e. The molecule has 0 spiro atoms. The third-order valence-corrected chi connectivity index (χ3v) is 4.02. The van der Waals surface area contributed by atoms with Crippen LogP contribution in [0.1, 0.15) is 38.1 Å². The zero-order valence-electron chi connectivity index (χ0n) is 13.3. The monoisotopic (exact) mass is 369 g/mol. The van der Waals surface area contributed by atoms with Crippen LogP contribution in [0.25, 0.3) is 0 Å². The molecule has 1 saturated heterocycles. The molecule has 1 atom stereocenters. The molecule has 1 fully saturated rings. The van der Waals surface area contributed by atoms with Gasteiger partial charge in [0.25, 0.3) is 5.91 Å². The van der Waals surface area contributed by atoms with E-state index < -0.39 is 29.7 Å². The lowest BCUT2D eigenvalue weighted by atomic mass is 10.0. The van der Waals surface area contributed by atoms with E-state index >= 15 is 0 Å². The molecular formula is C17H14F3NO5. The molecule has 0 radical (unpaired) electrons. The van der Waals surface area contributed by atoms with Gasteiger partial charge in [-0.1, -0.05) is 18.2 Å². The van der Waals surface area contributed by atoms with E-state index in [4.69, 9.17) is 14.3 Å². The zero-order chi connectivity index (χ0) is 18.9. The number of hydrogen-bond donors (Lipinski definition) is 1. The lowest BCUT2D eigenvalue weighted by molar-refractivity contribution is -0.140. The van der Waals surface area contributed by atoms with Crippen LogP contribution in [0.4, 0.5) is 13.2 Å². The smallest absolute Gasteiger partial charge is 0.416 e. The van der Waals surface area contributed by atoms with E-state index in [1.54, 1.807) is 0 Å². The van der Waals surface area contributed by atoms with E-state index in [2.05, 4.69) is 0 Å². The summed E-state index contributed by atoms with van der Waals surface area (Å²) in [6.45, 7) is 0.108. The summed E-state index contributed by atoms with van der Waals surface area (Å²) in [5.74, 6) is -2.03. The van der Waals surface area contributed by atoms with Crippen LogP contribution >= 0.6 is 0 Å². The van der Waals surface area contributed by atoms with E-state index in [9.17, 15) is 22.8 Å². The fraction of sp³-hybridized carbons (Fsp3) is 0.294. The van der Waals surface area contributed by atoms with Crippen molar-refractivity contribution in [2.45, 2.75) is 12.3 Å². The number of hydrogen-bond acceptors (Lipinski definition) is 4. The fourth-order valence-corrected chi connectivity index (χ4v) is 2.77. The highest BCUT2D eigenvalue weighted by molar-refractivity contribution is 5.95. The molecule has 1 aromatic carbocycles. The number of carbonyl (C=O) groups excluding carboxylic acids is 1. The Morgan fingerprint density at radius 3 is 2.62 bits per heavy atom. The van der Waals surface area contributed by atoms with Gasteiger partial charge in [-0.2, -0.15) is 13.2 Å². The molecule has 1 N–H and O–H groups in total. The van der Waals surface area contributed by atoms with Crippen molar-refractivity contribution in [2.75, 3.05) is 19.7 Å². The molecule has 1 unspecified atom stereocenters. The Morgan fingerprint density at radius 1 is 1.23 bits per heavy atom. The third-order valence-electron chi connectivity index (χ3n) is 4.02. The standard InChI is InChI=1S/C17H14F3NO5/c18-17(19,20)12-4-2-1-3-11(12)14-8-21(5-6-25-14)15(22)13-7-10(9-26-13)16(23)24/h1-4,7,9,14H,5-6,8H2,(H,23,24). The van der Waals surface area contributed by atoms with E-state index in [0.29, 0.717) is 0 Å². The van der Waals surface area contributed by atoms with Crippen molar-refractivity contribution in [3.63, 3.8) is 0 Å². The molecular weight excluding hydrogens is 355 g/mol. The predicted molar refractivity (Wildman–Crippen MR) is 81.7 cm³/mol. The molecule has 138 valence electrons. The molecule has 1 amide bonds. The number of alkyl halides is 3. The summed E-state index contributed by atoms with van der Waals surface area (Å²) >= 11 is 0. The first-order valence-corrected chi connectivity index (χ1v) is 7.66. The van der Waals surface area contributed by atoms with Crippen molar-refractivity contribution in [1.29, 1.82) is 0 Å². The number of carbonyl (C=O) groups is 2. The second kappa shape index (κ2) is 6.83. The maximum absolute atomic E-state index is 13.2. The average molecular weight is 369 g/mol. The highest BCUT2D eigenvalue weighted by Gasteiger charge is 2.37. The lowest BCUT2D eigenvalue weighted by Gasteiger charge is -2.33. The first kappa shape index (κ1) is 18.0. The van der Waals surface area contributed by atoms with Gasteiger partial charge in [-0.05, 0) is 11.6 Å². The molecule has 1 aliphatic heterocycles. The summed E-state index contributed by atoms with van der Waals surface area (Å²) in [4.78, 5) is 24.6. The van der Waals surface area contributed by atoms with Gasteiger partial charge in [0.2, 0.25) is 0 Å². The number of ether oxygens (including phenoxy) is 1. The van der Waals surface area contributed by atoms with Gasteiger partial charge in [0.05, 0.1) is 24.3 Å². The number of halogens is 3. The minimum absolute atomic E-state index is 0.0507. The normalized spacial score (nSPS) is 18.0. The maximum atomic E-state index is 13.2. The van der Waals surface area contributed by atoms with E-state index in [1.807, 2.05) is 0 Å². The number of amides is 1. The summed E-state index contributed by atoms with van der Waals surface area (Å²) in [5, 5.41) is 8.88. The highest BCUT2D eigenvalue weighted by Crippen LogP contribution is 2.36. The molecule has 26 heavy (non-hydrogen) atoms. The number of morpholine rings is 1. The first-order valence-electron chi connectivity index (χ1n) is 7.66. The van der Waals surface area contributed by atoms with Gasteiger partial charge in [0.1, 0.15) is 12.4 Å². The van der Waals surface area contributed by atoms with Gasteiger partial charge in [0, 0.05) is 12.6 Å². The molecule has 0 saturated carbocycles. The second-order valence-electron chi connectivity index (χ2n) is 5.70. The number of furan rings is 1. The van der Waals surface area contributed by atoms with Gasteiger partial charge in [-0.15, -0.1) is 0 Å². The molecule has 2 aromatic rings. The number of rotatable bonds is 3. The van der Waals surface area contributed by atoms with Gasteiger partial charge in [0.15, 0.2) is 5.76 Å². The van der Waals surface area contributed by atoms with Gasteiger partial charge < -0.3 is 19.2 Å². The number of nitrogens with zero attached hydrogens (tertiary/aromatic N) is 1. The van der Waals surface area contributed by atoms with Gasteiger partial charge in [-0.3, -0.25) is 4.79 Å². The van der Waals surface area contributed by atoms with Crippen molar-refractivity contribution in [2.24, 2.45) is 0 Å². The summed E-state index contributed by atoms with van der Waals surface area (Å²) in [5.41, 5.74) is -1.05. The van der Waals surface area contributed by atoms with Crippen LogP contribution in [-0.2, 0) is 10.9 Å². The number of carboxylic acids is 1. The Labute approximate surface area is 145 Å². The SMILES string of the molecule is O=C(O)c1coc(C(=O)N2CCOC(c3ccccc3C(F)(F)F)C2)c1. The summed E-state index contributed by atoms with van der Waals surface area (Å²) in [7, 11) is 0. The molecule has 0 bridgehead atoms. The van der Waals surface area contributed by atoms with Crippen LogP contribution in [0, 0.1) is 0 Å². The number of benzene rings is 1. The topological polar surface area (TPSA) is 80.0 Å². The minimum atomic E-state index is -4.54. The van der Waals surface area contributed by atoms with Crippen molar-refractivity contribution < 1.29 is 37.0 Å². The lowest BCUT2D eigenvalue weighted by Crippen LogP contribution is -2.42. The Morgan fingerprint density at radius 2 is 1.96 bits per heavy atom. The molecule has 6 nitrogen and oxygen atoms in total. The van der Waals surface area contributed by atoms with Gasteiger partial charge >= 0.3 is 12.1 Å². The van der Waals surface area contributed by atoms with Crippen LogP contribution in [0.15, 0.2) is 41.0 Å².